The van der Waals surface area contributed by atoms with Crippen LogP contribution in [0.5, 0.6) is 5.75 Å². The van der Waals surface area contributed by atoms with Gasteiger partial charge in [0.15, 0.2) is 0 Å². The highest BCUT2D eigenvalue weighted by atomic mass is 16.6. The second-order valence-electron chi connectivity index (χ2n) is 9.91. The molecular formula is C26H32N4O6. The van der Waals surface area contributed by atoms with E-state index >= 15 is 0 Å². The summed E-state index contributed by atoms with van der Waals surface area (Å²) in [6.07, 6.45) is 5.07. The van der Waals surface area contributed by atoms with Gasteiger partial charge < -0.3 is 28.7 Å². The standard InChI is InChI=1S/C26H32N4O6/c1-16-23(17(2)36-29-16)21-12-19(28-24(31)18-13-27-34-14-18)9-10-22(21)33-15-20-8-6-7-11-30(20)25(32)35-26(3,4)5/h9-10,12-14,20H,6-8,11,15H2,1-5H3,(H,28,31)/t20-/m1/s1. The average Bonchev–Trinajstić information content (AvgIpc) is 3.47. The number of nitrogens with zero attached hydrogens (tertiary/aromatic N) is 3. The number of aryl methyl sites for hydroxylation is 2. The van der Waals surface area contributed by atoms with Gasteiger partial charge in [-0.05, 0) is 72.1 Å². The molecule has 1 fully saturated rings. The Morgan fingerprint density at radius 3 is 2.69 bits per heavy atom. The van der Waals surface area contributed by atoms with E-state index < -0.39 is 5.60 Å². The van der Waals surface area contributed by atoms with Crippen LogP contribution in [0.3, 0.4) is 0 Å². The number of aromatic nitrogens is 2. The zero-order valence-electron chi connectivity index (χ0n) is 21.3. The molecule has 36 heavy (non-hydrogen) atoms. The minimum atomic E-state index is -0.566. The zero-order valence-corrected chi connectivity index (χ0v) is 21.3. The first-order valence-corrected chi connectivity index (χ1v) is 12.0. The minimum absolute atomic E-state index is 0.112. The second kappa shape index (κ2) is 10.4. The third kappa shape index (κ3) is 5.87. The lowest BCUT2D eigenvalue weighted by molar-refractivity contribution is 0.00364. The van der Waals surface area contributed by atoms with Crippen molar-refractivity contribution in [1.82, 2.24) is 15.2 Å². The molecule has 4 rings (SSSR count). The number of rotatable bonds is 6. The minimum Gasteiger partial charge on any atom is -0.491 e. The summed E-state index contributed by atoms with van der Waals surface area (Å²) in [5.41, 5.74) is 2.54. The number of carbonyl (C=O) groups is 2. The van der Waals surface area contributed by atoms with Crippen LogP contribution >= 0.6 is 0 Å². The number of nitrogens with one attached hydrogen (secondary N) is 1. The largest absolute Gasteiger partial charge is 0.491 e. The van der Waals surface area contributed by atoms with E-state index in [1.165, 1.54) is 12.5 Å². The Hall–Kier alpha value is -3.82. The van der Waals surface area contributed by atoms with Gasteiger partial charge in [-0.2, -0.15) is 0 Å². The molecule has 2 aromatic heterocycles. The lowest BCUT2D eigenvalue weighted by atomic mass is 10.0. The molecule has 1 aliphatic rings. The van der Waals surface area contributed by atoms with E-state index in [4.69, 9.17) is 18.5 Å². The van der Waals surface area contributed by atoms with Crippen molar-refractivity contribution in [2.75, 3.05) is 18.5 Å². The van der Waals surface area contributed by atoms with E-state index in [9.17, 15) is 9.59 Å². The number of piperidine rings is 1. The summed E-state index contributed by atoms with van der Waals surface area (Å²) in [6, 6.07) is 5.26. The third-order valence-electron chi connectivity index (χ3n) is 5.92. The second-order valence-corrected chi connectivity index (χ2v) is 9.91. The number of amides is 2. The fourth-order valence-corrected chi connectivity index (χ4v) is 4.24. The highest BCUT2D eigenvalue weighted by Crippen LogP contribution is 2.37. The number of likely N-dealkylation sites (tertiary alicyclic amines) is 1. The van der Waals surface area contributed by atoms with Crippen LogP contribution in [0.15, 0.2) is 39.7 Å². The number of hydrogen-bond acceptors (Lipinski definition) is 8. The van der Waals surface area contributed by atoms with Crippen LogP contribution in [0.2, 0.25) is 0 Å². The van der Waals surface area contributed by atoms with E-state index in [-0.39, 0.29) is 18.0 Å². The van der Waals surface area contributed by atoms with Crippen molar-refractivity contribution in [3.05, 3.63) is 47.7 Å². The zero-order chi connectivity index (χ0) is 25.9. The van der Waals surface area contributed by atoms with Gasteiger partial charge in [0.25, 0.3) is 5.91 Å². The van der Waals surface area contributed by atoms with Crippen molar-refractivity contribution in [3.63, 3.8) is 0 Å². The quantitative estimate of drug-likeness (QED) is 0.484. The van der Waals surface area contributed by atoms with Crippen molar-refractivity contribution in [3.8, 4) is 16.9 Å². The van der Waals surface area contributed by atoms with E-state index in [1.54, 1.807) is 17.0 Å². The highest BCUT2D eigenvalue weighted by molar-refractivity contribution is 6.04. The number of benzene rings is 1. The van der Waals surface area contributed by atoms with Gasteiger partial charge in [0.2, 0.25) is 0 Å². The summed E-state index contributed by atoms with van der Waals surface area (Å²) in [6.45, 7) is 10.2. The Kier molecular flexibility index (Phi) is 7.32. The van der Waals surface area contributed by atoms with Gasteiger partial charge in [0, 0.05) is 17.8 Å². The maximum absolute atomic E-state index is 12.8. The molecule has 0 aliphatic carbocycles. The Labute approximate surface area is 209 Å². The molecular weight excluding hydrogens is 464 g/mol. The van der Waals surface area contributed by atoms with E-state index in [1.807, 2.05) is 40.7 Å². The summed E-state index contributed by atoms with van der Waals surface area (Å²) in [5, 5.41) is 10.5. The number of anilines is 1. The molecule has 1 N–H and O–H groups in total. The first-order valence-electron chi connectivity index (χ1n) is 12.0. The molecule has 3 heterocycles. The maximum atomic E-state index is 12.8. The molecule has 2 amide bonds. The molecule has 10 heteroatoms. The van der Waals surface area contributed by atoms with Crippen LogP contribution in [0.25, 0.3) is 11.1 Å². The van der Waals surface area contributed by atoms with Crippen molar-refractivity contribution < 1.29 is 28.1 Å². The monoisotopic (exact) mass is 496 g/mol. The van der Waals surface area contributed by atoms with Gasteiger partial charge in [-0.1, -0.05) is 10.3 Å². The molecule has 0 radical (unpaired) electrons. The molecule has 192 valence electrons. The van der Waals surface area contributed by atoms with Crippen LogP contribution < -0.4 is 10.1 Å². The van der Waals surface area contributed by atoms with Gasteiger partial charge in [-0.25, -0.2) is 4.79 Å². The van der Waals surface area contributed by atoms with Crippen molar-refractivity contribution in [1.29, 1.82) is 0 Å². The molecule has 0 spiro atoms. The topological polar surface area (TPSA) is 120 Å². The summed E-state index contributed by atoms with van der Waals surface area (Å²) < 4.78 is 22.1. The molecule has 10 nitrogen and oxygen atoms in total. The summed E-state index contributed by atoms with van der Waals surface area (Å²) in [7, 11) is 0. The van der Waals surface area contributed by atoms with Gasteiger partial charge >= 0.3 is 6.09 Å². The Bertz CT molecular complexity index is 1190. The van der Waals surface area contributed by atoms with Crippen LogP contribution in [0.4, 0.5) is 10.5 Å². The lowest BCUT2D eigenvalue weighted by Gasteiger charge is -2.36. The Balaban J connectivity index is 1.57. The van der Waals surface area contributed by atoms with E-state index in [0.717, 1.165) is 30.4 Å². The Morgan fingerprint density at radius 1 is 1.22 bits per heavy atom. The van der Waals surface area contributed by atoms with Gasteiger partial charge in [-0.15, -0.1) is 0 Å². The predicted octanol–water partition coefficient (Wildman–Crippen LogP) is 5.37. The molecule has 1 atom stereocenters. The first-order chi connectivity index (χ1) is 17.1. The highest BCUT2D eigenvalue weighted by Gasteiger charge is 2.31. The van der Waals surface area contributed by atoms with Crippen molar-refractivity contribution in [2.45, 2.75) is 65.5 Å². The molecule has 1 saturated heterocycles. The fourth-order valence-electron chi connectivity index (χ4n) is 4.24. The van der Waals surface area contributed by atoms with Crippen LogP contribution in [0, 0.1) is 13.8 Å². The number of carbonyl (C=O) groups excluding carboxylic acids is 2. The fraction of sp³-hybridized carbons (Fsp3) is 0.462. The van der Waals surface area contributed by atoms with Crippen LogP contribution in [-0.4, -0.2) is 52.0 Å². The normalized spacial score (nSPS) is 16.0. The first kappa shape index (κ1) is 25.3. The smallest absolute Gasteiger partial charge is 0.410 e. The molecule has 0 unspecified atom stereocenters. The van der Waals surface area contributed by atoms with E-state index in [2.05, 4.69) is 15.6 Å². The van der Waals surface area contributed by atoms with Crippen LogP contribution in [-0.2, 0) is 4.74 Å². The Morgan fingerprint density at radius 2 is 2.03 bits per heavy atom. The number of hydrogen-bond donors (Lipinski definition) is 1. The third-order valence-corrected chi connectivity index (χ3v) is 5.92. The summed E-state index contributed by atoms with van der Waals surface area (Å²) in [4.78, 5) is 27.1. The number of ether oxygens (including phenoxy) is 2. The maximum Gasteiger partial charge on any atom is 0.410 e. The molecule has 1 aliphatic heterocycles. The summed E-state index contributed by atoms with van der Waals surface area (Å²) >= 11 is 0. The van der Waals surface area contributed by atoms with E-state index in [0.29, 0.717) is 41.6 Å². The predicted molar refractivity (Wildman–Crippen MR) is 132 cm³/mol. The molecule has 1 aromatic carbocycles. The molecule has 3 aromatic rings. The lowest BCUT2D eigenvalue weighted by Crippen LogP contribution is -2.48. The van der Waals surface area contributed by atoms with Crippen LogP contribution in [0.1, 0.15) is 61.8 Å². The van der Waals surface area contributed by atoms with Crippen molar-refractivity contribution >= 4 is 17.7 Å². The summed E-state index contributed by atoms with van der Waals surface area (Å²) in [5.74, 6) is 0.889. The van der Waals surface area contributed by atoms with Gasteiger partial charge in [-0.3, -0.25) is 4.79 Å². The van der Waals surface area contributed by atoms with Crippen molar-refractivity contribution in [2.24, 2.45) is 0 Å². The average molecular weight is 497 g/mol. The molecule has 0 bridgehead atoms. The van der Waals surface area contributed by atoms with Gasteiger partial charge in [0.1, 0.15) is 30.0 Å². The van der Waals surface area contributed by atoms with Gasteiger partial charge in [0.05, 0.1) is 29.1 Å². The molecule has 0 saturated carbocycles. The SMILES string of the molecule is Cc1noc(C)c1-c1cc(NC(=O)c2cnoc2)ccc1OC[C@H]1CCCCN1C(=O)OC(C)(C)C.